The molecule has 1 aliphatic carbocycles. The van der Waals surface area contributed by atoms with Crippen LogP contribution < -0.4 is 10.6 Å². The predicted octanol–water partition coefficient (Wildman–Crippen LogP) is 3.71. The fraction of sp³-hybridized carbons (Fsp3) is 0.500. The zero-order chi connectivity index (χ0) is 17.6. The van der Waals surface area contributed by atoms with Gasteiger partial charge in [-0.15, -0.1) is 0 Å². The third-order valence-corrected chi connectivity index (χ3v) is 5.06. The van der Waals surface area contributed by atoms with Gasteiger partial charge in [0.1, 0.15) is 0 Å². The van der Waals surface area contributed by atoms with Gasteiger partial charge in [0.05, 0.1) is 11.3 Å². The largest absolute Gasteiger partial charge is 0.339 e. The zero-order valence-corrected chi connectivity index (χ0v) is 14.9. The number of benzene rings is 1. The van der Waals surface area contributed by atoms with Gasteiger partial charge in [-0.05, 0) is 56.6 Å². The minimum atomic E-state index is -0.237. The first-order valence-electron chi connectivity index (χ1n) is 9.24. The van der Waals surface area contributed by atoms with E-state index in [0.29, 0.717) is 23.7 Å². The number of anilines is 1. The number of nitrogens with zero attached hydrogens (tertiary/aromatic N) is 1. The van der Waals surface area contributed by atoms with Crippen LogP contribution in [-0.2, 0) is 0 Å². The first kappa shape index (κ1) is 17.5. The molecular formula is C20H27N3O2. The van der Waals surface area contributed by atoms with E-state index in [1.807, 2.05) is 24.0 Å². The second-order valence-electron chi connectivity index (χ2n) is 6.98. The summed E-state index contributed by atoms with van der Waals surface area (Å²) in [6, 6.07) is 5.35. The predicted molar refractivity (Wildman–Crippen MR) is 99.8 cm³/mol. The van der Waals surface area contributed by atoms with Crippen molar-refractivity contribution in [3.05, 3.63) is 41.5 Å². The van der Waals surface area contributed by atoms with Crippen molar-refractivity contribution in [2.24, 2.45) is 5.92 Å². The maximum absolute atomic E-state index is 12.8. The molecule has 1 aromatic carbocycles. The summed E-state index contributed by atoms with van der Waals surface area (Å²) in [5.74, 6) is 0.507. The van der Waals surface area contributed by atoms with E-state index >= 15 is 0 Å². The summed E-state index contributed by atoms with van der Waals surface area (Å²) in [5.41, 5.74) is 2.11. The number of carbonyl (C=O) groups excluding carboxylic acids is 2. The highest BCUT2D eigenvalue weighted by Gasteiger charge is 2.23. The highest BCUT2D eigenvalue weighted by atomic mass is 16.2. The number of para-hydroxylation sites is 1. The molecule has 0 spiro atoms. The van der Waals surface area contributed by atoms with Gasteiger partial charge in [-0.1, -0.05) is 24.3 Å². The lowest BCUT2D eigenvalue weighted by molar-refractivity contribution is 0.0794. The number of aryl methyl sites for hydroxylation is 1. The molecule has 0 radical (unpaired) electrons. The normalized spacial score (nSPS) is 19.7. The van der Waals surface area contributed by atoms with Crippen molar-refractivity contribution >= 4 is 17.6 Å². The van der Waals surface area contributed by atoms with E-state index < -0.39 is 0 Å². The van der Waals surface area contributed by atoms with Crippen molar-refractivity contribution in [1.29, 1.82) is 0 Å². The lowest BCUT2D eigenvalue weighted by atomic mass is 9.94. The third-order valence-electron chi connectivity index (χ3n) is 5.06. The molecule has 0 unspecified atom stereocenters. The molecule has 134 valence electrons. The number of hydrogen-bond donors (Lipinski definition) is 2. The van der Waals surface area contributed by atoms with Gasteiger partial charge in [0.15, 0.2) is 0 Å². The number of likely N-dealkylation sites (tertiary alicyclic amines) is 1. The molecule has 2 aliphatic rings. The third kappa shape index (κ3) is 4.41. The monoisotopic (exact) mass is 341 g/mol. The number of carbonyl (C=O) groups is 2. The van der Waals surface area contributed by atoms with E-state index in [2.05, 4.69) is 22.8 Å². The van der Waals surface area contributed by atoms with Crippen molar-refractivity contribution in [2.45, 2.75) is 39.0 Å². The Morgan fingerprint density at radius 2 is 2.00 bits per heavy atom. The fourth-order valence-electron chi connectivity index (χ4n) is 3.54. The number of rotatable bonds is 4. The van der Waals surface area contributed by atoms with E-state index in [0.717, 1.165) is 50.8 Å². The van der Waals surface area contributed by atoms with E-state index in [-0.39, 0.29) is 11.9 Å². The summed E-state index contributed by atoms with van der Waals surface area (Å²) in [4.78, 5) is 27.0. The van der Waals surface area contributed by atoms with E-state index in [1.54, 1.807) is 6.07 Å². The van der Waals surface area contributed by atoms with Crippen molar-refractivity contribution < 1.29 is 9.59 Å². The molecular weight excluding hydrogens is 314 g/mol. The summed E-state index contributed by atoms with van der Waals surface area (Å²) >= 11 is 0. The quantitative estimate of drug-likeness (QED) is 0.820. The van der Waals surface area contributed by atoms with Gasteiger partial charge in [-0.25, -0.2) is 4.79 Å². The van der Waals surface area contributed by atoms with E-state index in [9.17, 15) is 9.59 Å². The maximum Gasteiger partial charge on any atom is 0.319 e. The topological polar surface area (TPSA) is 61.4 Å². The minimum absolute atomic E-state index is 0.00826. The van der Waals surface area contributed by atoms with Crippen molar-refractivity contribution in [3.8, 4) is 0 Å². The zero-order valence-electron chi connectivity index (χ0n) is 14.9. The minimum Gasteiger partial charge on any atom is -0.339 e. The molecule has 0 bridgehead atoms. The van der Waals surface area contributed by atoms with Gasteiger partial charge in [-0.2, -0.15) is 0 Å². The van der Waals surface area contributed by atoms with Crippen LogP contribution in [0.1, 0.15) is 48.0 Å². The number of amides is 3. The molecule has 0 aromatic heterocycles. The molecule has 1 aliphatic heterocycles. The van der Waals surface area contributed by atoms with Gasteiger partial charge in [0, 0.05) is 19.6 Å². The van der Waals surface area contributed by atoms with E-state index in [4.69, 9.17) is 0 Å². The Morgan fingerprint density at radius 1 is 1.20 bits per heavy atom. The lowest BCUT2D eigenvalue weighted by Crippen LogP contribution is -2.35. The van der Waals surface area contributed by atoms with Crippen molar-refractivity contribution in [1.82, 2.24) is 10.2 Å². The summed E-state index contributed by atoms with van der Waals surface area (Å²) in [6.45, 7) is 4.18. The molecule has 2 N–H and O–H groups in total. The van der Waals surface area contributed by atoms with Crippen molar-refractivity contribution in [3.63, 3.8) is 0 Å². The number of allylic oxidation sites excluding steroid dienone is 2. The first-order valence-corrected chi connectivity index (χ1v) is 9.24. The molecule has 3 amide bonds. The molecule has 1 heterocycles. The molecule has 3 rings (SSSR count). The van der Waals surface area contributed by atoms with Crippen LogP contribution in [0.15, 0.2) is 30.4 Å². The van der Waals surface area contributed by atoms with Crippen molar-refractivity contribution in [2.75, 3.05) is 25.0 Å². The Morgan fingerprint density at radius 3 is 2.72 bits per heavy atom. The summed E-state index contributed by atoms with van der Waals surface area (Å²) in [7, 11) is 0. The molecule has 1 fully saturated rings. The number of nitrogens with one attached hydrogen (secondary N) is 2. The summed E-state index contributed by atoms with van der Waals surface area (Å²) in [6.07, 6.45) is 9.69. The first-order chi connectivity index (χ1) is 12.1. The average molecular weight is 341 g/mol. The summed E-state index contributed by atoms with van der Waals surface area (Å²) in [5, 5.41) is 5.86. The molecule has 5 nitrogen and oxygen atoms in total. The SMILES string of the molecule is Cc1cccc(C(=O)N2CCCC2)c1NC(=O)NC[C@@H]1CC=CCC1. The molecule has 1 atom stereocenters. The van der Waals surface area contributed by atoms with Crippen LogP contribution in [-0.4, -0.2) is 36.5 Å². The standard InChI is InChI=1S/C20H27N3O2/c1-15-8-7-11-17(19(24)23-12-5-6-13-23)18(15)22-20(25)21-14-16-9-3-2-4-10-16/h2-3,7-8,11,16H,4-6,9-10,12-14H2,1H3,(H2,21,22,25)/t16-/m1/s1. The van der Waals surface area contributed by atoms with Gasteiger partial charge < -0.3 is 15.5 Å². The molecule has 25 heavy (non-hydrogen) atoms. The fourth-order valence-corrected chi connectivity index (χ4v) is 3.54. The second-order valence-corrected chi connectivity index (χ2v) is 6.98. The van der Waals surface area contributed by atoms with Gasteiger partial charge in [0.25, 0.3) is 5.91 Å². The Bertz CT molecular complexity index is 663. The molecule has 0 saturated carbocycles. The van der Waals surface area contributed by atoms with Crippen LogP contribution in [0.5, 0.6) is 0 Å². The number of urea groups is 1. The van der Waals surface area contributed by atoms with Gasteiger partial charge in [-0.3, -0.25) is 4.79 Å². The highest BCUT2D eigenvalue weighted by molar-refractivity contribution is 6.04. The molecule has 1 aromatic rings. The van der Waals surface area contributed by atoms with Crippen LogP contribution in [0.2, 0.25) is 0 Å². The summed E-state index contributed by atoms with van der Waals surface area (Å²) < 4.78 is 0. The Balaban J connectivity index is 1.65. The molecule has 1 saturated heterocycles. The van der Waals surface area contributed by atoms with Gasteiger partial charge >= 0.3 is 6.03 Å². The Labute approximate surface area is 149 Å². The Kier molecular flexibility index (Phi) is 5.74. The maximum atomic E-state index is 12.8. The molecule has 5 heteroatoms. The average Bonchev–Trinajstić information content (AvgIpc) is 3.17. The number of hydrogen-bond acceptors (Lipinski definition) is 2. The Hall–Kier alpha value is -2.30. The highest BCUT2D eigenvalue weighted by Crippen LogP contribution is 2.24. The van der Waals surface area contributed by atoms with Crippen LogP contribution in [0.25, 0.3) is 0 Å². The second kappa shape index (κ2) is 8.19. The van der Waals surface area contributed by atoms with E-state index in [1.165, 1.54) is 0 Å². The van der Waals surface area contributed by atoms with Crippen LogP contribution in [0.3, 0.4) is 0 Å². The van der Waals surface area contributed by atoms with Gasteiger partial charge in [0.2, 0.25) is 0 Å². The van der Waals surface area contributed by atoms with Crippen LogP contribution >= 0.6 is 0 Å². The van der Waals surface area contributed by atoms with Crippen LogP contribution in [0.4, 0.5) is 10.5 Å². The lowest BCUT2D eigenvalue weighted by Gasteiger charge is -2.21. The smallest absolute Gasteiger partial charge is 0.319 e. The van der Waals surface area contributed by atoms with Crippen LogP contribution in [0, 0.1) is 12.8 Å².